The van der Waals surface area contributed by atoms with E-state index in [1.807, 2.05) is 6.92 Å². The smallest absolute Gasteiger partial charge is 0.119 e. The van der Waals surface area contributed by atoms with Gasteiger partial charge >= 0.3 is 0 Å². The molecular weight excluding hydrogens is 208 g/mol. The second kappa shape index (κ2) is 7.01. The van der Waals surface area contributed by atoms with Crippen LogP contribution < -0.4 is 4.74 Å². The number of benzene rings is 1. The number of hydrogen-bond acceptors (Lipinski definition) is 1. The lowest BCUT2D eigenvalue weighted by Crippen LogP contribution is -1.99. The van der Waals surface area contributed by atoms with Crippen molar-refractivity contribution in [2.24, 2.45) is 0 Å². The summed E-state index contributed by atoms with van der Waals surface area (Å²) in [6, 6.07) is 4.27. The molecule has 0 aliphatic rings. The first-order chi connectivity index (χ1) is 8.19. The normalized spacial score (nSPS) is 9.65. The topological polar surface area (TPSA) is 9.23 Å². The van der Waals surface area contributed by atoms with E-state index in [0.29, 0.717) is 0 Å². The lowest BCUT2D eigenvalue weighted by atomic mass is 9.98. The van der Waals surface area contributed by atoms with Gasteiger partial charge in [0.1, 0.15) is 5.75 Å². The summed E-state index contributed by atoms with van der Waals surface area (Å²) >= 11 is 0. The molecule has 0 spiro atoms. The molecule has 1 heteroatoms. The third kappa shape index (κ3) is 4.15. The third-order valence-corrected chi connectivity index (χ3v) is 2.82. The first kappa shape index (κ1) is 13.6. The Morgan fingerprint density at radius 3 is 2.35 bits per heavy atom. The number of aryl methyl sites for hydroxylation is 2. The molecule has 0 heterocycles. The maximum atomic E-state index is 5.67. The molecule has 92 valence electrons. The molecule has 17 heavy (non-hydrogen) atoms. The van der Waals surface area contributed by atoms with E-state index in [0.717, 1.165) is 31.6 Å². The SMILES string of the molecule is CC#CCCc1c(C)cc(OCCC)cc1C. The third-order valence-electron chi connectivity index (χ3n) is 2.82. The zero-order valence-corrected chi connectivity index (χ0v) is 11.4. The molecule has 0 saturated carbocycles. The van der Waals surface area contributed by atoms with Crippen LogP contribution in [0, 0.1) is 25.7 Å². The Balaban J connectivity index is 2.81. The van der Waals surface area contributed by atoms with Gasteiger partial charge in [0.25, 0.3) is 0 Å². The molecule has 0 aliphatic carbocycles. The molecule has 0 aromatic heterocycles. The van der Waals surface area contributed by atoms with Crippen LogP contribution in [-0.2, 0) is 6.42 Å². The van der Waals surface area contributed by atoms with Crippen LogP contribution >= 0.6 is 0 Å². The number of rotatable bonds is 5. The maximum Gasteiger partial charge on any atom is 0.119 e. The Morgan fingerprint density at radius 2 is 1.82 bits per heavy atom. The zero-order valence-electron chi connectivity index (χ0n) is 11.4. The van der Waals surface area contributed by atoms with E-state index in [9.17, 15) is 0 Å². The molecule has 1 rings (SSSR count). The van der Waals surface area contributed by atoms with Gasteiger partial charge in [-0.3, -0.25) is 0 Å². The second-order valence-corrected chi connectivity index (χ2v) is 4.31. The summed E-state index contributed by atoms with van der Waals surface area (Å²) in [6.07, 6.45) is 3.02. The van der Waals surface area contributed by atoms with E-state index in [1.54, 1.807) is 0 Å². The average Bonchev–Trinajstić information content (AvgIpc) is 2.30. The molecule has 1 aromatic carbocycles. The van der Waals surface area contributed by atoms with Crippen LogP contribution in [-0.4, -0.2) is 6.61 Å². The summed E-state index contributed by atoms with van der Waals surface area (Å²) in [5.74, 6) is 7.05. The molecule has 0 amide bonds. The van der Waals surface area contributed by atoms with Gasteiger partial charge in [-0.1, -0.05) is 6.92 Å². The summed E-state index contributed by atoms with van der Waals surface area (Å²) in [7, 11) is 0. The van der Waals surface area contributed by atoms with Crippen molar-refractivity contribution >= 4 is 0 Å². The fraction of sp³-hybridized carbons (Fsp3) is 0.500. The quantitative estimate of drug-likeness (QED) is 0.693. The first-order valence-corrected chi connectivity index (χ1v) is 6.31. The van der Waals surface area contributed by atoms with Crippen LogP contribution in [0.2, 0.25) is 0 Å². The number of hydrogen-bond donors (Lipinski definition) is 0. The van der Waals surface area contributed by atoms with Gasteiger partial charge in [-0.15, -0.1) is 11.8 Å². The van der Waals surface area contributed by atoms with Crippen LogP contribution in [0.15, 0.2) is 12.1 Å². The van der Waals surface area contributed by atoms with Gasteiger partial charge < -0.3 is 4.74 Å². The molecule has 0 atom stereocenters. The van der Waals surface area contributed by atoms with Crippen LogP contribution in [0.25, 0.3) is 0 Å². The average molecular weight is 230 g/mol. The van der Waals surface area contributed by atoms with Gasteiger partial charge in [0.15, 0.2) is 0 Å². The van der Waals surface area contributed by atoms with Gasteiger partial charge in [0, 0.05) is 6.42 Å². The van der Waals surface area contributed by atoms with Gasteiger partial charge in [-0.2, -0.15) is 0 Å². The van der Waals surface area contributed by atoms with Crippen molar-refractivity contribution in [3.05, 3.63) is 28.8 Å². The van der Waals surface area contributed by atoms with Crippen molar-refractivity contribution < 1.29 is 4.74 Å². The molecule has 0 unspecified atom stereocenters. The molecule has 1 nitrogen and oxygen atoms in total. The van der Waals surface area contributed by atoms with Crippen molar-refractivity contribution in [1.29, 1.82) is 0 Å². The molecule has 0 fully saturated rings. The van der Waals surface area contributed by atoms with E-state index in [1.165, 1.54) is 16.7 Å². The van der Waals surface area contributed by atoms with Gasteiger partial charge in [0.05, 0.1) is 6.61 Å². The monoisotopic (exact) mass is 230 g/mol. The molecule has 0 saturated heterocycles. The summed E-state index contributed by atoms with van der Waals surface area (Å²) in [6.45, 7) is 9.11. The van der Waals surface area contributed by atoms with Crippen molar-refractivity contribution in [2.75, 3.05) is 6.61 Å². The number of ether oxygens (including phenoxy) is 1. The van der Waals surface area contributed by atoms with Gasteiger partial charge in [0.2, 0.25) is 0 Å². The van der Waals surface area contributed by atoms with Gasteiger partial charge in [-0.05, 0) is 62.4 Å². The minimum Gasteiger partial charge on any atom is -0.494 e. The van der Waals surface area contributed by atoms with Crippen molar-refractivity contribution in [3.63, 3.8) is 0 Å². The van der Waals surface area contributed by atoms with E-state index in [-0.39, 0.29) is 0 Å². The molecule has 0 N–H and O–H groups in total. The standard InChI is InChI=1S/C16H22O/c1-5-7-8-9-16-13(3)11-15(12-14(16)4)17-10-6-2/h11-12H,6,8-10H2,1-4H3. The lowest BCUT2D eigenvalue weighted by Gasteiger charge is -2.12. The van der Waals surface area contributed by atoms with Crippen molar-refractivity contribution in [1.82, 2.24) is 0 Å². The maximum absolute atomic E-state index is 5.67. The van der Waals surface area contributed by atoms with Crippen LogP contribution in [0.5, 0.6) is 5.75 Å². The summed E-state index contributed by atoms with van der Waals surface area (Å²) in [4.78, 5) is 0. The fourth-order valence-electron chi connectivity index (χ4n) is 1.96. The van der Waals surface area contributed by atoms with E-state index in [4.69, 9.17) is 4.74 Å². The molecule has 0 bridgehead atoms. The highest BCUT2D eigenvalue weighted by Gasteiger charge is 2.05. The van der Waals surface area contributed by atoms with Crippen molar-refractivity contribution in [3.8, 4) is 17.6 Å². The van der Waals surface area contributed by atoms with E-state index in [2.05, 4.69) is 44.7 Å². The molecule has 1 aromatic rings. The minimum absolute atomic E-state index is 0.791. The van der Waals surface area contributed by atoms with E-state index >= 15 is 0 Å². The molecule has 0 radical (unpaired) electrons. The molecule has 0 aliphatic heterocycles. The van der Waals surface area contributed by atoms with Crippen LogP contribution in [0.1, 0.15) is 43.4 Å². The summed E-state index contributed by atoms with van der Waals surface area (Å²) in [5.41, 5.74) is 4.04. The predicted molar refractivity (Wildman–Crippen MR) is 73.5 cm³/mol. The summed E-state index contributed by atoms with van der Waals surface area (Å²) in [5, 5.41) is 0. The van der Waals surface area contributed by atoms with Crippen LogP contribution in [0.3, 0.4) is 0 Å². The molecular formula is C16H22O. The zero-order chi connectivity index (χ0) is 12.7. The lowest BCUT2D eigenvalue weighted by molar-refractivity contribution is 0.317. The Labute approximate surface area is 105 Å². The Bertz CT molecular complexity index is 398. The van der Waals surface area contributed by atoms with Crippen LogP contribution in [0.4, 0.5) is 0 Å². The minimum atomic E-state index is 0.791. The Kier molecular flexibility index (Phi) is 5.63. The first-order valence-electron chi connectivity index (χ1n) is 6.31. The van der Waals surface area contributed by atoms with E-state index < -0.39 is 0 Å². The summed E-state index contributed by atoms with van der Waals surface area (Å²) < 4.78 is 5.67. The van der Waals surface area contributed by atoms with Crippen molar-refractivity contribution in [2.45, 2.75) is 47.0 Å². The van der Waals surface area contributed by atoms with Gasteiger partial charge in [-0.25, -0.2) is 0 Å². The predicted octanol–water partition coefficient (Wildman–Crippen LogP) is 4.05. The highest BCUT2D eigenvalue weighted by molar-refractivity contribution is 5.41. The Hall–Kier alpha value is -1.42. The highest BCUT2D eigenvalue weighted by atomic mass is 16.5. The largest absolute Gasteiger partial charge is 0.494 e. The Morgan fingerprint density at radius 1 is 1.18 bits per heavy atom. The highest BCUT2D eigenvalue weighted by Crippen LogP contribution is 2.23. The fourth-order valence-corrected chi connectivity index (χ4v) is 1.96. The second-order valence-electron chi connectivity index (χ2n) is 4.31.